The van der Waals surface area contributed by atoms with Crippen molar-refractivity contribution in [1.82, 2.24) is 10.0 Å². The summed E-state index contributed by atoms with van der Waals surface area (Å²) in [5.74, 6) is 0.184. The monoisotopic (exact) mass is 290 g/mol. The van der Waals surface area contributed by atoms with Crippen LogP contribution in [-0.4, -0.2) is 27.3 Å². The maximum atomic E-state index is 11.7. The number of hydrogen-bond acceptors (Lipinski definition) is 4. The summed E-state index contributed by atoms with van der Waals surface area (Å²) < 4.78 is 26.1. The number of nitrogens with one attached hydrogen (secondary N) is 2. The number of hydrogen-bond donors (Lipinski definition) is 2. The van der Waals surface area contributed by atoms with Crippen molar-refractivity contribution < 1.29 is 8.42 Å². The number of sulfonamides is 1. The molecule has 0 atom stereocenters. The van der Waals surface area contributed by atoms with Crippen LogP contribution in [0.15, 0.2) is 6.07 Å². The fourth-order valence-corrected chi connectivity index (χ4v) is 3.68. The van der Waals surface area contributed by atoms with E-state index in [-0.39, 0.29) is 5.75 Å². The molecule has 0 aliphatic rings. The van der Waals surface area contributed by atoms with Crippen molar-refractivity contribution in [3.05, 3.63) is 21.4 Å². The Hall–Kier alpha value is -0.430. The van der Waals surface area contributed by atoms with Crippen molar-refractivity contribution in [2.24, 2.45) is 0 Å². The van der Waals surface area contributed by atoms with Crippen molar-refractivity contribution >= 4 is 21.4 Å². The molecule has 1 aromatic heterocycles. The van der Waals surface area contributed by atoms with Crippen LogP contribution in [0, 0.1) is 13.8 Å². The van der Waals surface area contributed by atoms with Crippen molar-refractivity contribution in [3.8, 4) is 0 Å². The van der Waals surface area contributed by atoms with E-state index in [0.29, 0.717) is 13.0 Å². The molecule has 0 saturated carbocycles. The standard InChI is InChI=1S/C12H22N2O2S2/c1-4-13-6-5-7-18(15,16)14-9-12-8-10(2)11(3)17-12/h8,13-14H,4-7,9H2,1-3H3. The zero-order valence-electron chi connectivity index (χ0n) is 11.2. The minimum atomic E-state index is -3.15. The molecule has 0 amide bonds. The highest BCUT2D eigenvalue weighted by Gasteiger charge is 2.10. The molecule has 0 aliphatic heterocycles. The summed E-state index contributed by atoms with van der Waals surface area (Å²) in [6, 6.07) is 2.04. The van der Waals surface area contributed by atoms with Crippen LogP contribution in [0.2, 0.25) is 0 Å². The Morgan fingerprint density at radius 2 is 2.06 bits per heavy atom. The Balaban J connectivity index is 2.37. The molecule has 2 N–H and O–H groups in total. The quantitative estimate of drug-likeness (QED) is 0.718. The van der Waals surface area contributed by atoms with Crippen molar-refractivity contribution in [2.45, 2.75) is 33.7 Å². The molecule has 0 saturated heterocycles. The second kappa shape index (κ2) is 7.23. The highest BCUT2D eigenvalue weighted by atomic mass is 32.2. The average molecular weight is 290 g/mol. The van der Waals surface area contributed by atoms with Crippen molar-refractivity contribution in [2.75, 3.05) is 18.8 Å². The van der Waals surface area contributed by atoms with Crippen LogP contribution in [0.1, 0.15) is 28.7 Å². The van der Waals surface area contributed by atoms with Gasteiger partial charge in [-0.05, 0) is 45.0 Å². The molecular weight excluding hydrogens is 268 g/mol. The molecule has 0 fully saturated rings. The second-order valence-corrected chi connectivity index (χ2v) is 7.57. The summed E-state index contributed by atoms with van der Waals surface area (Å²) in [5.41, 5.74) is 1.22. The molecule has 18 heavy (non-hydrogen) atoms. The Bertz CT molecular complexity index is 447. The number of aryl methyl sites for hydroxylation is 2. The van der Waals surface area contributed by atoms with E-state index in [0.717, 1.165) is 18.0 Å². The summed E-state index contributed by atoms with van der Waals surface area (Å²) in [6.07, 6.45) is 0.645. The van der Waals surface area contributed by atoms with Gasteiger partial charge in [-0.1, -0.05) is 6.92 Å². The Morgan fingerprint density at radius 1 is 1.33 bits per heavy atom. The molecule has 104 valence electrons. The lowest BCUT2D eigenvalue weighted by Crippen LogP contribution is -2.27. The van der Waals surface area contributed by atoms with Crippen LogP contribution < -0.4 is 10.0 Å². The molecule has 0 aromatic carbocycles. The largest absolute Gasteiger partial charge is 0.317 e. The fourth-order valence-electron chi connectivity index (χ4n) is 1.55. The van der Waals surface area contributed by atoms with Gasteiger partial charge < -0.3 is 5.32 Å². The van der Waals surface area contributed by atoms with Crippen LogP contribution in [-0.2, 0) is 16.6 Å². The lowest BCUT2D eigenvalue weighted by atomic mass is 10.3. The molecule has 0 bridgehead atoms. The van der Waals surface area contributed by atoms with E-state index in [1.54, 1.807) is 11.3 Å². The summed E-state index contributed by atoms with van der Waals surface area (Å²) in [6.45, 7) is 8.13. The smallest absolute Gasteiger partial charge is 0.211 e. The molecule has 6 heteroatoms. The van der Waals surface area contributed by atoms with Gasteiger partial charge >= 0.3 is 0 Å². The predicted molar refractivity (Wildman–Crippen MR) is 77.6 cm³/mol. The second-order valence-electron chi connectivity index (χ2n) is 4.30. The Labute approximate surface area is 114 Å². The minimum Gasteiger partial charge on any atom is -0.317 e. The van der Waals surface area contributed by atoms with E-state index in [1.807, 2.05) is 19.9 Å². The molecule has 4 nitrogen and oxygen atoms in total. The molecule has 1 rings (SSSR count). The first-order chi connectivity index (χ1) is 8.44. The Kier molecular flexibility index (Phi) is 6.28. The van der Waals surface area contributed by atoms with Gasteiger partial charge in [0.05, 0.1) is 5.75 Å². The van der Waals surface area contributed by atoms with Gasteiger partial charge in [-0.15, -0.1) is 11.3 Å². The SMILES string of the molecule is CCNCCCS(=O)(=O)NCc1cc(C)c(C)s1. The third-order valence-corrected chi connectivity index (χ3v) is 5.26. The molecule has 0 aliphatic carbocycles. The van der Waals surface area contributed by atoms with Gasteiger partial charge in [0.1, 0.15) is 0 Å². The van der Waals surface area contributed by atoms with Gasteiger partial charge in [-0.2, -0.15) is 0 Å². The highest BCUT2D eigenvalue weighted by molar-refractivity contribution is 7.89. The lowest BCUT2D eigenvalue weighted by molar-refractivity contribution is 0.576. The van der Waals surface area contributed by atoms with Gasteiger partial charge in [0.25, 0.3) is 0 Å². The van der Waals surface area contributed by atoms with E-state index in [4.69, 9.17) is 0 Å². The first-order valence-electron chi connectivity index (χ1n) is 6.18. The molecular formula is C12H22N2O2S2. The van der Waals surface area contributed by atoms with Gasteiger partial charge in [0.15, 0.2) is 0 Å². The average Bonchev–Trinajstić information content (AvgIpc) is 2.62. The van der Waals surface area contributed by atoms with Gasteiger partial charge in [0, 0.05) is 16.3 Å². The van der Waals surface area contributed by atoms with Gasteiger partial charge in [-0.25, -0.2) is 13.1 Å². The molecule has 1 heterocycles. The lowest BCUT2D eigenvalue weighted by Gasteiger charge is -2.05. The third kappa shape index (κ3) is 5.48. The van der Waals surface area contributed by atoms with Crippen LogP contribution in [0.4, 0.5) is 0 Å². The van der Waals surface area contributed by atoms with Gasteiger partial charge in [0.2, 0.25) is 10.0 Å². The number of rotatable bonds is 8. The summed E-state index contributed by atoms with van der Waals surface area (Å²) in [4.78, 5) is 2.32. The van der Waals surface area contributed by atoms with E-state index in [1.165, 1.54) is 10.4 Å². The maximum Gasteiger partial charge on any atom is 0.211 e. The molecule has 0 radical (unpaired) electrons. The van der Waals surface area contributed by atoms with Gasteiger partial charge in [-0.3, -0.25) is 0 Å². The zero-order chi connectivity index (χ0) is 13.6. The van der Waals surface area contributed by atoms with Crippen molar-refractivity contribution in [1.29, 1.82) is 0 Å². The molecule has 0 unspecified atom stereocenters. The molecule has 1 aromatic rings. The summed E-state index contributed by atoms with van der Waals surface area (Å²) in [5, 5.41) is 3.12. The fraction of sp³-hybridized carbons (Fsp3) is 0.667. The van der Waals surface area contributed by atoms with E-state index in [2.05, 4.69) is 17.0 Å². The topological polar surface area (TPSA) is 58.2 Å². The summed E-state index contributed by atoms with van der Waals surface area (Å²) in [7, 11) is -3.15. The highest BCUT2D eigenvalue weighted by Crippen LogP contribution is 2.20. The molecule has 0 spiro atoms. The Morgan fingerprint density at radius 3 is 2.61 bits per heavy atom. The number of thiophene rings is 1. The van der Waals surface area contributed by atoms with Crippen LogP contribution >= 0.6 is 11.3 Å². The van der Waals surface area contributed by atoms with E-state index < -0.39 is 10.0 Å². The third-order valence-electron chi connectivity index (χ3n) is 2.70. The van der Waals surface area contributed by atoms with Crippen LogP contribution in [0.3, 0.4) is 0 Å². The van der Waals surface area contributed by atoms with Crippen LogP contribution in [0.25, 0.3) is 0 Å². The summed E-state index contributed by atoms with van der Waals surface area (Å²) >= 11 is 1.65. The van der Waals surface area contributed by atoms with Crippen LogP contribution in [0.5, 0.6) is 0 Å². The first kappa shape index (κ1) is 15.6. The van der Waals surface area contributed by atoms with Crippen molar-refractivity contribution in [3.63, 3.8) is 0 Å². The predicted octanol–water partition coefficient (Wildman–Crippen LogP) is 1.78. The first-order valence-corrected chi connectivity index (χ1v) is 8.65. The van der Waals surface area contributed by atoms with E-state index >= 15 is 0 Å². The van der Waals surface area contributed by atoms with E-state index in [9.17, 15) is 8.42 Å². The normalized spacial score (nSPS) is 11.9. The minimum absolute atomic E-state index is 0.184. The zero-order valence-corrected chi connectivity index (χ0v) is 12.9. The maximum absolute atomic E-state index is 11.7.